The molecule has 26 heavy (non-hydrogen) atoms. The second kappa shape index (κ2) is 7.13. The molecule has 4 nitrogen and oxygen atoms in total. The molecule has 0 bridgehead atoms. The summed E-state index contributed by atoms with van der Waals surface area (Å²) in [5, 5.41) is 2.22. The first-order chi connectivity index (χ1) is 12.5. The van der Waals surface area contributed by atoms with Gasteiger partial charge in [0.1, 0.15) is 0 Å². The molecule has 1 saturated heterocycles. The summed E-state index contributed by atoms with van der Waals surface area (Å²) in [6.07, 6.45) is 5.95. The normalized spacial score (nSPS) is 22.3. The van der Waals surface area contributed by atoms with Gasteiger partial charge >= 0.3 is 0 Å². The maximum atomic E-state index is 5.64. The Morgan fingerprint density at radius 3 is 2.85 bits per heavy atom. The first kappa shape index (κ1) is 18.3. The molecule has 0 saturated carbocycles. The van der Waals surface area contributed by atoms with E-state index in [1.54, 1.807) is 0 Å². The van der Waals surface area contributed by atoms with Crippen LogP contribution in [0.15, 0.2) is 22.8 Å². The van der Waals surface area contributed by atoms with Crippen molar-refractivity contribution < 1.29 is 0 Å². The molecule has 2 aromatic rings. The van der Waals surface area contributed by atoms with Crippen molar-refractivity contribution in [2.24, 2.45) is 0 Å². The number of benzene rings is 1. The molecule has 1 aromatic carbocycles. The molecule has 0 unspecified atom stereocenters. The number of piperidine rings is 1. The quantitative estimate of drug-likeness (QED) is 0.726. The highest BCUT2D eigenvalue weighted by Gasteiger charge is 2.36. The Morgan fingerprint density at radius 2 is 2.12 bits per heavy atom. The molecule has 0 amide bonds. The molecule has 1 aliphatic carbocycles. The largest absolute Gasteiger partial charge is 0.348 e. The summed E-state index contributed by atoms with van der Waals surface area (Å²) in [5.41, 5.74) is 7.62. The Bertz CT molecular complexity index is 842. The van der Waals surface area contributed by atoms with Crippen LogP contribution in [0.2, 0.25) is 0 Å². The summed E-state index contributed by atoms with van der Waals surface area (Å²) in [4.78, 5) is 4.72. The Labute approximate surface area is 169 Å². The van der Waals surface area contributed by atoms with Crippen LogP contribution < -0.4 is 5.43 Å². The first-order valence-corrected chi connectivity index (χ1v) is 10.8. The van der Waals surface area contributed by atoms with Crippen molar-refractivity contribution in [3.63, 3.8) is 0 Å². The van der Waals surface area contributed by atoms with Crippen LogP contribution in [0.5, 0.6) is 0 Å². The van der Waals surface area contributed by atoms with Crippen molar-refractivity contribution in [2.75, 3.05) is 32.1 Å². The molecular weight excluding hydrogens is 408 g/mol. The minimum atomic E-state index is 0.610. The predicted molar refractivity (Wildman–Crippen MR) is 117 cm³/mol. The molecule has 6 heteroatoms. The molecule has 140 valence electrons. The number of likely N-dealkylation sites (tertiary alicyclic amines) is 1. The van der Waals surface area contributed by atoms with Crippen molar-refractivity contribution in [3.05, 3.63) is 33.9 Å². The lowest BCUT2D eigenvalue weighted by Gasteiger charge is -2.42. The Balaban J connectivity index is 1.79. The van der Waals surface area contributed by atoms with Crippen LogP contribution in [-0.4, -0.2) is 52.3 Å². The molecule has 2 heterocycles. The number of hydrogen-bond acceptors (Lipinski definition) is 2. The summed E-state index contributed by atoms with van der Waals surface area (Å²) < 4.78 is 3.28. The summed E-state index contributed by atoms with van der Waals surface area (Å²) in [6, 6.07) is 5.17. The van der Waals surface area contributed by atoms with Gasteiger partial charge in [0.05, 0.1) is 5.52 Å². The summed E-state index contributed by atoms with van der Waals surface area (Å²) >= 11 is 9.39. The zero-order valence-corrected chi connectivity index (χ0v) is 18.2. The van der Waals surface area contributed by atoms with Gasteiger partial charge in [-0.2, -0.15) is 0 Å². The van der Waals surface area contributed by atoms with Gasteiger partial charge in [-0.15, -0.1) is 0 Å². The van der Waals surface area contributed by atoms with Gasteiger partial charge in [0, 0.05) is 41.1 Å². The smallest absolute Gasteiger partial charge is 0.188 e. The number of hydrogen-bond donors (Lipinski definition) is 1. The number of halogens is 1. The average Bonchev–Trinajstić information content (AvgIpc) is 2.95. The van der Waals surface area contributed by atoms with Crippen LogP contribution >= 0.6 is 28.1 Å². The van der Waals surface area contributed by atoms with E-state index in [0.717, 1.165) is 29.1 Å². The minimum Gasteiger partial charge on any atom is -0.348 e. The Morgan fingerprint density at radius 1 is 1.35 bits per heavy atom. The van der Waals surface area contributed by atoms with Crippen LogP contribution in [-0.2, 0) is 6.42 Å². The van der Waals surface area contributed by atoms with Crippen molar-refractivity contribution in [1.29, 1.82) is 0 Å². The van der Waals surface area contributed by atoms with Crippen molar-refractivity contribution in [2.45, 2.75) is 45.1 Å². The van der Waals surface area contributed by atoms with E-state index >= 15 is 0 Å². The van der Waals surface area contributed by atoms with Crippen LogP contribution in [0, 0.1) is 0 Å². The summed E-state index contributed by atoms with van der Waals surface area (Å²) in [7, 11) is 2.28. The molecule has 2 aliphatic rings. The molecular formula is C20H27BrN4S. The fourth-order valence-corrected chi connectivity index (χ4v) is 5.60. The second-order valence-electron chi connectivity index (χ2n) is 7.50. The van der Waals surface area contributed by atoms with Gasteiger partial charge in [-0.1, -0.05) is 15.9 Å². The monoisotopic (exact) mass is 434 g/mol. The average molecular weight is 435 g/mol. The molecule has 1 fully saturated rings. The highest BCUT2D eigenvalue weighted by Crippen LogP contribution is 2.44. The van der Waals surface area contributed by atoms with Crippen LogP contribution in [0.3, 0.4) is 0 Å². The fourth-order valence-electron chi connectivity index (χ4n) is 4.78. The summed E-state index contributed by atoms with van der Waals surface area (Å²) in [6.45, 7) is 7.31. The zero-order valence-electron chi connectivity index (χ0n) is 15.8. The highest BCUT2D eigenvalue weighted by molar-refractivity contribution is 9.10. The third-order valence-corrected chi connectivity index (χ3v) is 6.94. The van der Waals surface area contributed by atoms with Gasteiger partial charge in [0.2, 0.25) is 0 Å². The number of fused-ring (bicyclic) bond motifs is 2. The van der Waals surface area contributed by atoms with Crippen molar-refractivity contribution in [1.82, 2.24) is 14.5 Å². The zero-order chi connectivity index (χ0) is 18.4. The number of nitrogens with one attached hydrogen (secondary N) is 1. The van der Waals surface area contributed by atoms with Crippen LogP contribution in [0.1, 0.15) is 43.7 Å². The van der Waals surface area contributed by atoms with E-state index in [4.69, 9.17) is 12.2 Å². The molecule has 1 aromatic heterocycles. The fraction of sp³-hybridized carbons (Fsp3) is 0.550. The standard InChI is InChI=1S/C20H27BrN4S/c1-4-24(5-2)20(26)22-25-12-13-9-17-15(7-6-8-23(17)3)16-10-14(21)11-18(25)19(13)16/h10-12,15,17H,4-9H2,1-3H3,(H,22,26)/t15-,17-/m1/s1. The maximum Gasteiger partial charge on any atom is 0.188 e. The number of nitrogens with zero attached hydrogens (tertiary/aromatic N) is 3. The maximum absolute atomic E-state index is 5.64. The lowest BCUT2D eigenvalue weighted by molar-refractivity contribution is 0.157. The molecule has 1 aliphatic heterocycles. The van der Waals surface area contributed by atoms with Gasteiger partial charge in [0.15, 0.2) is 5.11 Å². The van der Waals surface area contributed by atoms with E-state index < -0.39 is 0 Å². The molecule has 0 radical (unpaired) electrons. The summed E-state index contributed by atoms with van der Waals surface area (Å²) in [5.74, 6) is 0.631. The van der Waals surface area contributed by atoms with Crippen molar-refractivity contribution in [3.8, 4) is 0 Å². The van der Waals surface area contributed by atoms with E-state index in [1.165, 1.54) is 41.4 Å². The van der Waals surface area contributed by atoms with Gasteiger partial charge in [-0.3, -0.25) is 10.1 Å². The predicted octanol–water partition coefficient (Wildman–Crippen LogP) is 4.31. The second-order valence-corrected chi connectivity index (χ2v) is 8.81. The SMILES string of the molecule is CCN(CC)C(=S)Nn1cc2c3c(cc(Br)cc31)[C@H]1CCCN(C)[C@@H]1C2. The molecule has 4 rings (SSSR count). The van der Waals surface area contributed by atoms with Crippen LogP contribution in [0.25, 0.3) is 10.9 Å². The van der Waals surface area contributed by atoms with Gasteiger partial charge in [-0.05, 0) is 82.2 Å². The van der Waals surface area contributed by atoms with Gasteiger partial charge in [-0.25, -0.2) is 0 Å². The highest BCUT2D eigenvalue weighted by atomic mass is 79.9. The van der Waals surface area contributed by atoms with Crippen molar-refractivity contribution >= 4 is 44.2 Å². The number of aromatic nitrogens is 1. The number of thiocarbonyl (C=S) groups is 1. The minimum absolute atomic E-state index is 0.610. The Hall–Kier alpha value is -1.11. The third-order valence-electron chi connectivity index (χ3n) is 6.13. The van der Waals surface area contributed by atoms with Gasteiger partial charge < -0.3 is 9.80 Å². The van der Waals surface area contributed by atoms with E-state index in [0.29, 0.717) is 12.0 Å². The topological polar surface area (TPSA) is 23.4 Å². The lowest BCUT2D eigenvalue weighted by atomic mass is 9.75. The van der Waals surface area contributed by atoms with Gasteiger partial charge in [0.25, 0.3) is 0 Å². The van der Waals surface area contributed by atoms with Crippen LogP contribution in [0.4, 0.5) is 0 Å². The Kier molecular flexibility index (Phi) is 5.01. The number of likely N-dealkylation sites (N-methyl/N-ethyl adjacent to an activating group) is 1. The lowest BCUT2D eigenvalue weighted by Crippen LogP contribution is -2.44. The molecule has 1 N–H and O–H groups in total. The third kappa shape index (κ3) is 2.96. The molecule has 2 atom stereocenters. The van der Waals surface area contributed by atoms with E-state index in [9.17, 15) is 0 Å². The van der Waals surface area contributed by atoms with E-state index in [-0.39, 0.29) is 0 Å². The van der Waals surface area contributed by atoms with E-state index in [1.807, 2.05) is 0 Å². The first-order valence-electron chi connectivity index (χ1n) is 9.63. The van der Waals surface area contributed by atoms with E-state index in [2.05, 4.69) is 75.1 Å². The number of rotatable bonds is 3. The molecule has 0 spiro atoms.